The molecule has 0 spiro atoms. The molecule has 0 radical (unpaired) electrons. The van der Waals surface area contributed by atoms with Crippen LogP contribution in [-0.4, -0.2) is 25.1 Å². The fourth-order valence-corrected chi connectivity index (χ4v) is 1.67. The second-order valence-electron chi connectivity index (χ2n) is 3.30. The predicted molar refractivity (Wildman–Crippen MR) is 54.1 cm³/mol. The maximum absolute atomic E-state index is 4.54. The Morgan fingerprint density at radius 1 is 1.31 bits per heavy atom. The highest BCUT2D eigenvalue weighted by atomic mass is 15.0. The summed E-state index contributed by atoms with van der Waals surface area (Å²) in [4.78, 5) is 4.54. The van der Waals surface area contributed by atoms with Crippen LogP contribution < -0.4 is 10.6 Å². The molecule has 1 aromatic heterocycles. The molecular formula is C10H15N3. The van der Waals surface area contributed by atoms with E-state index < -0.39 is 0 Å². The molecule has 0 fully saturated rings. The lowest BCUT2D eigenvalue weighted by atomic mass is 10.1. The van der Waals surface area contributed by atoms with Gasteiger partial charge in [0.15, 0.2) is 0 Å². The van der Waals surface area contributed by atoms with Gasteiger partial charge in [-0.25, -0.2) is 4.98 Å². The van der Waals surface area contributed by atoms with Crippen molar-refractivity contribution in [2.45, 2.75) is 12.8 Å². The van der Waals surface area contributed by atoms with Crippen molar-refractivity contribution in [1.82, 2.24) is 10.3 Å². The van der Waals surface area contributed by atoms with Crippen molar-refractivity contribution in [2.75, 3.05) is 25.5 Å². The summed E-state index contributed by atoms with van der Waals surface area (Å²) < 4.78 is 0. The summed E-state index contributed by atoms with van der Waals surface area (Å²) in [5, 5.41) is 6.44. The van der Waals surface area contributed by atoms with Gasteiger partial charge in [0, 0.05) is 25.7 Å². The van der Waals surface area contributed by atoms with Gasteiger partial charge in [-0.1, -0.05) is 6.07 Å². The lowest BCUT2D eigenvalue weighted by Crippen LogP contribution is -2.16. The Labute approximate surface area is 78.6 Å². The van der Waals surface area contributed by atoms with Crippen LogP contribution in [0.1, 0.15) is 11.3 Å². The van der Waals surface area contributed by atoms with Gasteiger partial charge in [-0.05, 0) is 24.6 Å². The highest BCUT2D eigenvalue weighted by Crippen LogP contribution is 2.13. The molecule has 0 aliphatic carbocycles. The summed E-state index contributed by atoms with van der Waals surface area (Å²) in [5.74, 6) is 0.973. The monoisotopic (exact) mass is 177 g/mol. The van der Waals surface area contributed by atoms with Gasteiger partial charge >= 0.3 is 0 Å². The molecule has 0 bridgehead atoms. The lowest BCUT2D eigenvalue weighted by molar-refractivity contribution is 0.708. The molecule has 1 aliphatic heterocycles. The van der Waals surface area contributed by atoms with Crippen LogP contribution >= 0.6 is 0 Å². The lowest BCUT2D eigenvalue weighted by Gasteiger charge is -2.06. The van der Waals surface area contributed by atoms with Crippen LogP contribution in [0.15, 0.2) is 12.1 Å². The molecule has 0 amide bonds. The number of anilines is 1. The summed E-state index contributed by atoms with van der Waals surface area (Å²) in [6, 6.07) is 4.23. The first kappa shape index (κ1) is 8.51. The fourth-order valence-electron chi connectivity index (χ4n) is 1.67. The second-order valence-corrected chi connectivity index (χ2v) is 3.30. The van der Waals surface area contributed by atoms with Crippen molar-refractivity contribution in [3.63, 3.8) is 0 Å². The van der Waals surface area contributed by atoms with E-state index in [4.69, 9.17) is 0 Å². The molecular weight excluding hydrogens is 162 g/mol. The van der Waals surface area contributed by atoms with E-state index in [0.717, 1.165) is 31.7 Å². The van der Waals surface area contributed by atoms with Crippen LogP contribution in [0, 0.1) is 0 Å². The van der Waals surface area contributed by atoms with Crippen LogP contribution in [-0.2, 0) is 12.8 Å². The SMILES string of the molecule is CNc1ccc2c(n1)CCNCC2. The molecule has 1 aliphatic rings. The fraction of sp³-hybridized carbons (Fsp3) is 0.500. The molecule has 2 heterocycles. The molecule has 70 valence electrons. The van der Waals surface area contributed by atoms with Gasteiger partial charge in [-0.15, -0.1) is 0 Å². The van der Waals surface area contributed by atoms with Gasteiger partial charge < -0.3 is 10.6 Å². The Morgan fingerprint density at radius 3 is 3.00 bits per heavy atom. The number of hydrogen-bond donors (Lipinski definition) is 2. The van der Waals surface area contributed by atoms with Crippen molar-refractivity contribution in [3.05, 3.63) is 23.4 Å². The van der Waals surface area contributed by atoms with E-state index in [1.807, 2.05) is 13.1 Å². The summed E-state index contributed by atoms with van der Waals surface area (Å²) >= 11 is 0. The summed E-state index contributed by atoms with van der Waals surface area (Å²) in [7, 11) is 1.91. The smallest absolute Gasteiger partial charge is 0.125 e. The second kappa shape index (κ2) is 3.75. The van der Waals surface area contributed by atoms with Gasteiger partial charge in [0.1, 0.15) is 5.82 Å². The normalized spacial score (nSPS) is 16.1. The minimum absolute atomic E-state index is 0.973. The third kappa shape index (κ3) is 1.80. The van der Waals surface area contributed by atoms with Crippen LogP contribution in [0.25, 0.3) is 0 Å². The van der Waals surface area contributed by atoms with Crippen molar-refractivity contribution in [2.24, 2.45) is 0 Å². The Hall–Kier alpha value is -1.09. The quantitative estimate of drug-likeness (QED) is 0.666. The Kier molecular flexibility index (Phi) is 2.45. The summed E-state index contributed by atoms with van der Waals surface area (Å²) in [6.07, 6.45) is 2.15. The first-order chi connectivity index (χ1) is 6.40. The first-order valence-electron chi connectivity index (χ1n) is 4.77. The Bertz CT molecular complexity index is 296. The molecule has 2 rings (SSSR count). The van der Waals surface area contributed by atoms with Gasteiger partial charge in [-0.3, -0.25) is 0 Å². The number of rotatable bonds is 1. The number of hydrogen-bond acceptors (Lipinski definition) is 3. The molecule has 3 nitrogen and oxygen atoms in total. The van der Waals surface area contributed by atoms with E-state index >= 15 is 0 Å². The number of fused-ring (bicyclic) bond motifs is 1. The topological polar surface area (TPSA) is 37.0 Å². The average molecular weight is 177 g/mol. The van der Waals surface area contributed by atoms with Crippen molar-refractivity contribution < 1.29 is 0 Å². The molecule has 0 atom stereocenters. The molecule has 0 unspecified atom stereocenters. The summed E-state index contributed by atoms with van der Waals surface area (Å²) in [5.41, 5.74) is 2.64. The zero-order valence-electron chi connectivity index (χ0n) is 7.93. The zero-order valence-corrected chi connectivity index (χ0v) is 7.93. The average Bonchev–Trinajstić information content (AvgIpc) is 2.41. The minimum atomic E-state index is 0.973. The van der Waals surface area contributed by atoms with E-state index in [0.29, 0.717) is 0 Å². The standard InChI is InChI=1S/C10H15N3/c1-11-10-3-2-8-4-6-12-7-5-9(8)13-10/h2-3,12H,4-7H2,1H3,(H,11,13). The van der Waals surface area contributed by atoms with Crippen molar-refractivity contribution in [1.29, 1.82) is 0 Å². The van der Waals surface area contributed by atoms with Gasteiger partial charge in [-0.2, -0.15) is 0 Å². The molecule has 13 heavy (non-hydrogen) atoms. The van der Waals surface area contributed by atoms with Crippen LogP contribution in [0.4, 0.5) is 5.82 Å². The van der Waals surface area contributed by atoms with Crippen molar-refractivity contribution in [3.8, 4) is 0 Å². The van der Waals surface area contributed by atoms with E-state index in [9.17, 15) is 0 Å². The zero-order chi connectivity index (χ0) is 9.10. The summed E-state index contributed by atoms with van der Waals surface area (Å²) in [6.45, 7) is 2.13. The van der Waals surface area contributed by atoms with Gasteiger partial charge in [0.05, 0.1) is 0 Å². The van der Waals surface area contributed by atoms with E-state index in [1.54, 1.807) is 0 Å². The molecule has 0 saturated carbocycles. The van der Waals surface area contributed by atoms with E-state index in [-0.39, 0.29) is 0 Å². The predicted octanol–water partition coefficient (Wildman–Crippen LogP) is 0.811. The highest BCUT2D eigenvalue weighted by Gasteiger charge is 2.08. The van der Waals surface area contributed by atoms with E-state index in [1.165, 1.54) is 11.3 Å². The van der Waals surface area contributed by atoms with Crippen LogP contribution in [0.5, 0.6) is 0 Å². The maximum Gasteiger partial charge on any atom is 0.125 e. The van der Waals surface area contributed by atoms with Gasteiger partial charge in [0.2, 0.25) is 0 Å². The number of pyridine rings is 1. The largest absolute Gasteiger partial charge is 0.373 e. The van der Waals surface area contributed by atoms with E-state index in [2.05, 4.69) is 21.7 Å². The minimum Gasteiger partial charge on any atom is -0.373 e. The third-order valence-corrected chi connectivity index (χ3v) is 2.43. The number of nitrogens with zero attached hydrogens (tertiary/aromatic N) is 1. The van der Waals surface area contributed by atoms with Crippen LogP contribution in [0.2, 0.25) is 0 Å². The molecule has 0 saturated heterocycles. The Balaban J connectivity index is 2.32. The first-order valence-corrected chi connectivity index (χ1v) is 4.77. The third-order valence-electron chi connectivity index (χ3n) is 2.43. The molecule has 1 aromatic rings. The molecule has 3 heteroatoms. The van der Waals surface area contributed by atoms with Crippen LogP contribution in [0.3, 0.4) is 0 Å². The number of nitrogens with one attached hydrogen (secondary N) is 2. The molecule has 2 N–H and O–H groups in total. The maximum atomic E-state index is 4.54. The Morgan fingerprint density at radius 2 is 2.15 bits per heavy atom. The molecule has 0 aromatic carbocycles. The number of aromatic nitrogens is 1. The van der Waals surface area contributed by atoms with Gasteiger partial charge in [0.25, 0.3) is 0 Å². The highest BCUT2D eigenvalue weighted by molar-refractivity contribution is 5.38. The van der Waals surface area contributed by atoms with Crippen molar-refractivity contribution >= 4 is 5.82 Å².